The van der Waals surface area contributed by atoms with Crippen molar-refractivity contribution < 1.29 is 23.4 Å². The minimum absolute atomic E-state index is 0.0538. The van der Waals surface area contributed by atoms with E-state index in [2.05, 4.69) is 4.74 Å². The number of carbonyl (C=O) groups is 1. The summed E-state index contributed by atoms with van der Waals surface area (Å²) < 4.78 is 31.6. The lowest BCUT2D eigenvalue weighted by Gasteiger charge is -2.22. The molecule has 0 spiro atoms. The first-order chi connectivity index (χ1) is 8.45. The van der Waals surface area contributed by atoms with Gasteiger partial charge in [0.2, 0.25) is 0 Å². The van der Waals surface area contributed by atoms with Crippen molar-refractivity contribution in [3.05, 3.63) is 35.4 Å². The van der Waals surface area contributed by atoms with Crippen molar-refractivity contribution in [1.29, 1.82) is 0 Å². The monoisotopic (exact) mass is 258 g/mol. The average molecular weight is 258 g/mol. The summed E-state index contributed by atoms with van der Waals surface area (Å²) in [4.78, 5) is 11.1. The Morgan fingerprint density at radius 2 is 2.00 bits per heavy atom. The van der Waals surface area contributed by atoms with E-state index in [9.17, 15) is 18.7 Å². The first kappa shape index (κ1) is 14.6. The third-order valence-electron chi connectivity index (χ3n) is 2.62. The molecule has 100 valence electrons. The molecule has 1 N–H and O–H groups in total. The minimum atomic E-state index is -3.94. The van der Waals surface area contributed by atoms with Gasteiger partial charge in [0.05, 0.1) is 6.61 Å². The first-order valence-electron chi connectivity index (χ1n) is 5.76. The summed E-state index contributed by atoms with van der Waals surface area (Å²) in [5.74, 6) is -5.65. The largest absolute Gasteiger partial charge is 0.461 e. The van der Waals surface area contributed by atoms with E-state index >= 15 is 0 Å². The Labute approximate surface area is 104 Å². The molecule has 0 amide bonds. The third kappa shape index (κ3) is 2.85. The molecule has 0 heterocycles. The van der Waals surface area contributed by atoms with Crippen LogP contribution in [-0.2, 0) is 16.0 Å². The number of esters is 1. The van der Waals surface area contributed by atoms with E-state index in [0.29, 0.717) is 12.0 Å². The number of hydrogen-bond donors (Lipinski definition) is 1. The van der Waals surface area contributed by atoms with Gasteiger partial charge in [-0.3, -0.25) is 0 Å². The second-order valence-corrected chi connectivity index (χ2v) is 3.80. The van der Waals surface area contributed by atoms with Gasteiger partial charge in [-0.15, -0.1) is 0 Å². The second kappa shape index (κ2) is 5.91. The zero-order valence-corrected chi connectivity index (χ0v) is 10.3. The van der Waals surface area contributed by atoms with Crippen LogP contribution in [0.5, 0.6) is 0 Å². The Morgan fingerprint density at radius 1 is 1.39 bits per heavy atom. The van der Waals surface area contributed by atoms with Crippen LogP contribution in [0.2, 0.25) is 0 Å². The molecule has 0 saturated heterocycles. The summed E-state index contributed by atoms with van der Waals surface area (Å²) in [6, 6.07) is 6.26. The van der Waals surface area contributed by atoms with Gasteiger partial charge in [-0.05, 0) is 24.5 Å². The highest BCUT2D eigenvalue weighted by Crippen LogP contribution is 2.34. The lowest BCUT2D eigenvalue weighted by molar-refractivity contribution is -0.189. The molecule has 3 nitrogen and oxygen atoms in total. The molecule has 0 bridgehead atoms. The van der Waals surface area contributed by atoms with Crippen molar-refractivity contribution in [3.63, 3.8) is 0 Å². The predicted molar refractivity (Wildman–Crippen MR) is 62.4 cm³/mol. The molecular weight excluding hydrogens is 242 g/mol. The van der Waals surface area contributed by atoms with Crippen molar-refractivity contribution in [3.8, 4) is 0 Å². The summed E-state index contributed by atoms with van der Waals surface area (Å²) in [7, 11) is 0. The number of aliphatic hydroxyl groups excluding tert-OH is 1. The second-order valence-electron chi connectivity index (χ2n) is 3.80. The molecule has 0 aliphatic rings. The van der Waals surface area contributed by atoms with Crippen LogP contribution in [0.15, 0.2) is 24.3 Å². The summed E-state index contributed by atoms with van der Waals surface area (Å²) in [6.07, 6.45) is -1.70. The smallest absolute Gasteiger partial charge is 0.380 e. The standard InChI is InChI=1S/C13H16F2O3/c1-3-9-7-5-6-8-10(9)11(16)13(14,15)12(17)18-4-2/h5-8,11,16H,3-4H2,1-2H3. The van der Waals surface area contributed by atoms with Gasteiger partial charge >= 0.3 is 11.9 Å². The summed E-state index contributed by atoms with van der Waals surface area (Å²) in [6.45, 7) is 3.06. The third-order valence-corrected chi connectivity index (χ3v) is 2.62. The lowest BCUT2D eigenvalue weighted by atomic mass is 9.96. The van der Waals surface area contributed by atoms with Gasteiger partial charge in [0, 0.05) is 0 Å². The maximum atomic E-state index is 13.7. The van der Waals surface area contributed by atoms with Crippen molar-refractivity contribution in [1.82, 2.24) is 0 Å². The number of benzene rings is 1. The maximum Gasteiger partial charge on any atom is 0.380 e. The number of aryl methyl sites for hydroxylation is 1. The van der Waals surface area contributed by atoms with Crippen molar-refractivity contribution in [2.24, 2.45) is 0 Å². The van der Waals surface area contributed by atoms with E-state index in [1.54, 1.807) is 25.1 Å². The molecule has 1 aromatic carbocycles. The van der Waals surface area contributed by atoms with Crippen LogP contribution in [0.25, 0.3) is 0 Å². The summed E-state index contributed by atoms with van der Waals surface area (Å²) >= 11 is 0. The molecule has 0 aliphatic carbocycles. The summed E-state index contributed by atoms with van der Waals surface area (Å²) in [5.41, 5.74) is 0.632. The molecule has 5 heteroatoms. The lowest BCUT2D eigenvalue weighted by Crippen LogP contribution is -2.37. The Kier molecular flexibility index (Phi) is 4.78. The number of rotatable bonds is 5. The van der Waals surface area contributed by atoms with Gasteiger partial charge < -0.3 is 9.84 Å². The van der Waals surface area contributed by atoms with Crippen LogP contribution < -0.4 is 0 Å². The van der Waals surface area contributed by atoms with E-state index < -0.39 is 18.0 Å². The SMILES string of the molecule is CCOC(=O)C(F)(F)C(O)c1ccccc1CC. The van der Waals surface area contributed by atoms with E-state index in [1.165, 1.54) is 13.0 Å². The van der Waals surface area contributed by atoms with E-state index in [-0.39, 0.29) is 12.2 Å². The van der Waals surface area contributed by atoms with Crippen molar-refractivity contribution in [2.75, 3.05) is 6.61 Å². The quantitative estimate of drug-likeness (QED) is 0.825. The fourth-order valence-electron chi connectivity index (χ4n) is 1.66. The fourth-order valence-corrected chi connectivity index (χ4v) is 1.66. The molecule has 18 heavy (non-hydrogen) atoms. The van der Waals surface area contributed by atoms with Crippen LogP contribution in [-0.4, -0.2) is 23.6 Å². The van der Waals surface area contributed by atoms with Crippen LogP contribution in [0.1, 0.15) is 31.1 Å². The van der Waals surface area contributed by atoms with E-state index in [4.69, 9.17) is 0 Å². The highest BCUT2D eigenvalue weighted by Gasteiger charge is 2.49. The Morgan fingerprint density at radius 3 is 2.56 bits per heavy atom. The van der Waals surface area contributed by atoms with Crippen LogP contribution in [0.4, 0.5) is 8.78 Å². The topological polar surface area (TPSA) is 46.5 Å². The summed E-state index contributed by atoms with van der Waals surface area (Å²) in [5, 5.41) is 9.71. The maximum absolute atomic E-state index is 13.7. The Balaban J connectivity index is 3.05. The molecule has 0 aromatic heterocycles. The highest BCUT2D eigenvalue weighted by molar-refractivity contribution is 5.78. The number of aliphatic hydroxyl groups is 1. The normalized spacial score (nSPS) is 13.2. The zero-order valence-electron chi connectivity index (χ0n) is 10.3. The Bertz CT molecular complexity index is 418. The zero-order chi connectivity index (χ0) is 13.8. The number of carbonyl (C=O) groups excluding carboxylic acids is 1. The number of hydrogen-bond acceptors (Lipinski definition) is 3. The molecule has 0 fully saturated rings. The highest BCUT2D eigenvalue weighted by atomic mass is 19.3. The van der Waals surface area contributed by atoms with Gasteiger partial charge in [-0.1, -0.05) is 31.2 Å². The van der Waals surface area contributed by atoms with Gasteiger partial charge in [0.15, 0.2) is 6.10 Å². The van der Waals surface area contributed by atoms with Crippen LogP contribution in [0, 0.1) is 0 Å². The van der Waals surface area contributed by atoms with Gasteiger partial charge in [0.25, 0.3) is 0 Å². The van der Waals surface area contributed by atoms with Crippen LogP contribution in [0.3, 0.4) is 0 Å². The van der Waals surface area contributed by atoms with E-state index in [1.807, 2.05) is 0 Å². The van der Waals surface area contributed by atoms with Gasteiger partial charge in [0.1, 0.15) is 0 Å². The van der Waals surface area contributed by atoms with E-state index in [0.717, 1.165) is 0 Å². The molecule has 1 rings (SSSR count). The number of alkyl halides is 2. The Hall–Kier alpha value is -1.49. The molecule has 0 aliphatic heterocycles. The van der Waals surface area contributed by atoms with Crippen molar-refractivity contribution in [2.45, 2.75) is 32.3 Å². The number of halogens is 2. The fraction of sp³-hybridized carbons (Fsp3) is 0.462. The van der Waals surface area contributed by atoms with Gasteiger partial charge in [-0.25, -0.2) is 4.79 Å². The average Bonchev–Trinajstić information content (AvgIpc) is 2.38. The van der Waals surface area contributed by atoms with Crippen LogP contribution >= 0.6 is 0 Å². The molecule has 1 aromatic rings. The molecule has 0 saturated carbocycles. The first-order valence-corrected chi connectivity index (χ1v) is 5.76. The molecule has 1 atom stereocenters. The predicted octanol–water partition coefficient (Wildman–Crippen LogP) is 2.48. The van der Waals surface area contributed by atoms with Gasteiger partial charge in [-0.2, -0.15) is 8.78 Å². The molecular formula is C13H16F2O3. The molecule has 1 unspecified atom stereocenters. The minimum Gasteiger partial charge on any atom is -0.461 e. The number of ether oxygens (including phenoxy) is 1. The molecule has 0 radical (unpaired) electrons. The van der Waals surface area contributed by atoms with Crippen molar-refractivity contribution >= 4 is 5.97 Å².